The van der Waals surface area contributed by atoms with Crippen molar-refractivity contribution >= 4 is 5.91 Å². The SMILES string of the molecule is NC1CNC(=O)CC1O. The van der Waals surface area contributed by atoms with Crippen LogP contribution in [0, 0.1) is 0 Å². The molecule has 0 aromatic carbocycles. The minimum atomic E-state index is -0.654. The largest absolute Gasteiger partial charge is 0.391 e. The number of hydrogen-bond acceptors (Lipinski definition) is 3. The molecular weight excluding hydrogens is 120 g/mol. The number of nitrogens with one attached hydrogen (secondary N) is 1. The van der Waals surface area contributed by atoms with E-state index in [1.165, 1.54) is 0 Å². The zero-order valence-corrected chi connectivity index (χ0v) is 5.00. The van der Waals surface area contributed by atoms with Crippen LogP contribution in [0.25, 0.3) is 0 Å². The lowest BCUT2D eigenvalue weighted by molar-refractivity contribution is -0.125. The van der Waals surface area contributed by atoms with Crippen molar-refractivity contribution in [3.63, 3.8) is 0 Å². The summed E-state index contributed by atoms with van der Waals surface area (Å²) in [5, 5.41) is 11.5. The molecule has 0 saturated carbocycles. The first kappa shape index (κ1) is 6.51. The molecule has 0 aliphatic carbocycles. The maximum absolute atomic E-state index is 10.5. The number of carbonyl (C=O) groups excluding carboxylic acids is 1. The molecule has 4 heteroatoms. The van der Waals surface area contributed by atoms with E-state index in [4.69, 9.17) is 10.8 Å². The number of rotatable bonds is 0. The van der Waals surface area contributed by atoms with E-state index in [-0.39, 0.29) is 18.4 Å². The van der Waals surface area contributed by atoms with Crippen molar-refractivity contribution in [3.05, 3.63) is 0 Å². The maximum Gasteiger partial charge on any atom is 0.222 e. The molecule has 1 aliphatic heterocycles. The van der Waals surface area contributed by atoms with E-state index >= 15 is 0 Å². The van der Waals surface area contributed by atoms with Gasteiger partial charge in [0.15, 0.2) is 0 Å². The highest BCUT2D eigenvalue weighted by atomic mass is 16.3. The fraction of sp³-hybridized carbons (Fsp3) is 0.800. The van der Waals surface area contributed by atoms with Crippen LogP contribution in [0.5, 0.6) is 0 Å². The quantitative estimate of drug-likeness (QED) is 0.362. The second-order valence-electron chi connectivity index (χ2n) is 2.24. The first-order chi connectivity index (χ1) is 4.20. The van der Waals surface area contributed by atoms with Gasteiger partial charge in [0.1, 0.15) is 0 Å². The summed E-state index contributed by atoms with van der Waals surface area (Å²) in [5.41, 5.74) is 5.38. The van der Waals surface area contributed by atoms with E-state index < -0.39 is 6.10 Å². The van der Waals surface area contributed by atoms with Gasteiger partial charge in [-0.2, -0.15) is 0 Å². The molecule has 4 N–H and O–H groups in total. The number of amides is 1. The first-order valence-electron chi connectivity index (χ1n) is 2.90. The Morgan fingerprint density at radius 2 is 2.44 bits per heavy atom. The van der Waals surface area contributed by atoms with Gasteiger partial charge in [0.25, 0.3) is 0 Å². The van der Waals surface area contributed by atoms with E-state index in [2.05, 4.69) is 5.32 Å². The lowest BCUT2D eigenvalue weighted by Gasteiger charge is -2.23. The average Bonchev–Trinajstić information content (AvgIpc) is 1.80. The van der Waals surface area contributed by atoms with Gasteiger partial charge in [-0.15, -0.1) is 0 Å². The van der Waals surface area contributed by atoms with Crippen LogP contribution in [-0.4, -0.2) is 29.7 Å². The number of nitrogens with two attached hydrogens (primary N) is 1. The third kappa shape index (κ3) is 1.40. The molecule has 0 spiro atoms. The predicted molar refractivity (Wildman–Crippen MR) is 31.6 cm³/mol. The van der Waals surface area contributed by atoms with E-state index in [0.29, 0.717) is 6.54 Å². The summed E-state index contributed by atoms with van der Waals surface area (Å²) in [4.78, 5) is 10.5. The smallest absolute Gasteiger partial charge is 0.222 e. The van der Waals surface area contributed by atoms with E-state index in [9.17, 15) is 4.79 Å². The minimum Gasteiger partial charge on any atom is -0.391 e. The van der Waals surface area contributed by atoms with Gasteiger partial charge in [-0.1, -0.05) is 0 Å². The lowest BCUT2D eigenvalue weighted by atomic mass is 10.1. The Kier molecular flexibility index (Phi) is 1.68. The van der Waals surface area contributed by atoms with Crippen LogP contribution in [0.1, 0.15) is 6.42 Å². The van der Waals surface area contributed by atoms with Crippen molar-refractivity contribution in [3.8, 4) is 0 Å². The number of hydrogen-bond donors (Lipinski definition) is 3. The molecule has 1 saturated heterocycles. The highest BCUT2D eigenvalue weighted by molar-refractivity contribution is 5.77. The van der Waals surface area contributed by atoms with Crippen LogP contribution in [0.3, 0.4) is 0 Å². The van der Waals surface area contributed by atoms with Crippen molar-refractivity contribution in [2.75, 3.05) is 6.54 Å². The predicted octanol–water partition coefficient (Wildman–Crippen LogP) is -1.81. The zero-order valence-electron chi connectivity index (χ0n) is 5.00. The van der Waals surface area contributed by atoms with E-state index in [1.54, 1.807) is 0 Å². The summed E-state index contributed by atoms with van der Waals surface area (Å²) < 4.78 is 0. The minimum absolute atomic E-state index is 0.121. The second kappa shape index (κ2) is 2.33. The Morgan fingerprint density at radius 1 is 1.78 bits per heavy atom. The van der Waals surface area contributed by atoms with Gasteiger partial charge >= 0.3 is 0 Å². The van der Waals surface area contributed by atoms with Crippen molar-refractivity contribution < 1.29 is 9.90 Å². The molecule has 0 aromatic rings. The summed E-state index contributed by atoms with van der Waals surface area (Å²) >= 11 is 0. The summed E-state index contributed by atoms with van der Waals surface area (Å²) in [6.45, 7) is 0.389. The lowest BCUT2D eigenvalue weighted by Crippen LogP contribution is -2.51. The van der Waals surface area contributed by atoms with Crippen LogP contribution < -0.4 is 11.1 Å². The van der Waals surface area contributed by atoms with Crippen molar-refractivity contribution in [1.29, 1.82) is 0 Å². The zero-order chi connectivity index (χ0) is 6.85. The Morgan fingerprint density at radius 3 is 2.89 bits per heavy atom. The summed E-state index contributed by atoms with van der Waals surface area (Å²) in [5.74, 6) is -0.121. The fourth-order valence-electron chi connectivity index (χ4n) is 0.781. The van der Waals surface area contributed by atoms with Crippen LogP contribution >= 0.6 is 0 Å². The van der Waals surface area contributed by atoms with Gasteiger partial charge < -0.3 is 16.2 Å². The van der Waals surface area contributed by atoms with Crippen LogP contribution in [-0.2, 0) is 4.79 Å². The van der Waals surface area contributed by atoms with Crippen LogP contribution in [0.4, 0.5) is 0 Å². The Bertz CT molecular complexity index is 126. The number of carbonyl (C=O) groups is 1. The van der Waals surface area contributed by atoms with Crippen LogP contribution in [0.15, 0.2) is 0 Å². The summed E-state index contributed by atoms with van der Waals surface area (Å²) in [6.07, 6.45) is -0.514. The number of piperidine rings is 1. The molecule has 0 radical (unpaired) electrons. The highest BCUT2D eigenvalue weighted by Crippen LogP contribution is 2.00. The summed E-state index contributed by atoms with van der Waals surface area (Å²) in [7, 11) is 0. The Hall–Kier alpha value is -0.610. The third-order valence-electron chi connectivity index (χ3n) is 1.42. The summed E-state index contributed by atoms with van der Waals surface area (Å²) in [6, 6.07) is -0.289. The second-order valence-corrected chi connectivity index (χ2v) is 2.24. The molecule has 1 rings (SSSR count). The van der Waals surface area contributed by atoms with Gasteiger partial charge in [-0.05, 0) is 0 Å². The molecule has 2 unspecified atom stereocenters. The molecule has 0 aromatic heterocycles. The topological polar surface area (TPSA) is 75.3 Å². The van der Waals surface area contributed by atoms with Gasteiger partial charge in [0.2, 0.25) is 5.91 Å². The normalized spacial score (nSPS) is 36.0. The molecule has 1 amide bonds. The molecule has 4 nitrogen and oxygen atoms in total. The molecule has 0 bridgehead atoms. The molecule has 2 atom stereocenters. The van der Waals surface area contributed by atoms with Gasteiger partial charge in [-0.3, -0.25) is 4.79 Å². The standard InChI is InChI=1S/C5H10N2O2/c6-3-2-7-5(9)1-4(3)8/h3-4,8H,1-2,6H2,(H,7,9). The average molecular weight is 130 g/mol. The highest BCUT2D eigenvalue weighted by Gasteiger charge is 2.23. The van der Waals surface area contributed by atoms with Crippen molar-refractivity contribution in [1.82, 2.24) is 5.32 Å². The maximum atomic E-state index is 10.5. The molecule has 1 fully saturated rings. The van der Waals surface area contributed by atoms with Gasteiger partial charge in [-0.25, -0.2) is 0 Å². The van der Waals surface area contributed by atoms with E-state index in [1.807, 2.05) is 0 Å². The Labute approximate surface area is 53.0 Å². The van der Waals surface area contributed by atoms with Gasteiger partial charge in [0, 0.05) is 12.6 Å². The molecule has 52 valence electrons. The molecule has 1 heterocycles. The van der Waals surface area contributed by atoms with Gasteiger partial charge in [0.05, 0.1) is 12.5 Å². The Balaban J connectivity index is 2.44. The van der Waals surface area contributed by atoms with Crippen LogP contribution in [0.2, 0.25) is 0 Å². The third-order valence-corrected chi connectivity index (χ3v) is 1.42. The molecule has 1 aliphatic rings. The molecule has 9 heavy (non-hydrogen) atoms. The van der Waals surface area contributed by atoms with Crippen molar-refractivity contribution in [2.45, 2.75) is 18.6 Å². The van der Waals surface area contributed by atoms with E-state index in [0.717, 1.165) is 0 Å². The molecular formula is C5H10N2O2. The fourth-order valence-corrected chi connectivity index (χ4v) is 0.781. The number of aliphatic hydroxyl groups is 1. The number of aliphatic hydroxyl groups excluding tert-OH is 1. The van der Waals surface area contributed by atoms with Crippen molar-refractivity contribution in [2.24, 2.45) is 5.73 Å². The first-order valence-corrected chi connectivity index (χ1v) is 2.90. The monoisotopic (exact) mass is 130 g/mol.